The van der Waals surface area contributed by atoms with Gasteiger partial charge in [0.2, 0.25) is 0 Å². The Labute approximate surface area is 130 Å². The predicted molar refractivity (Wildman–Crippen MR) is 73.5 cm³/mol. The quantitative estimate of drug-likeness (QED) is 0.780. The molecule has 4 nitrogen and oxygen atoms in total. The zero-order valence-corrected chi connectivity index (χ0v) is 12.1. The van der Waals surface area contributed by atoms with Crippen molar-refractivity contribution in [3.8, 4) is 6.07 Å². The van der Waals surface area contributed by atoms with Gasteiger partial charge in [-0.05, 0) is 12.1 Å². The Hall–Kier alpha value is -1.94. The second-order valence-electron chi connectivity index (χ2n) is 4.84. The average molecular weight is 333 g/mol. The van der Waals surface area contributed by atoms with Gasteiger partial charge in [-0.3, -0.25) is 0 Å². The van der Waals surface area contributed by atoms with Crippen LogP contribution in [0.3, 0.4) is 0 Å². The average Bonchev–Trinajstić information content (AvgIpc) is 2.47. The molecule has 1 aromatic carbocycles. The van der Waals surface area contributed by atoms with Crippen LogP contribution in [0, 0.1) is 11.3 Å². The van der Waals surface area contributed by atoms with Crippen LogP contribution in [0.15, 0.2) is 18.2 Å². The zero-order valence-electron chi connectivity index (χ0n) is 11.4. The number of benzene rings is 1. The molecule has 1 fully saturated rings. The molecule has 1 aliphatic heterocycles. The molecule has 0 spiro atoms. The number of esters is 1. The van der Waals surface area contributed by atoms with Gasteiger partial charge in [-0.2, -0.15) is 18.4 Å². The van der Waals surface area contributed by atoms with Crippen molar-refractivity contribution < 1.29 is 22.7 Å². The van der Waals surface area contributed by atoms with E-state index < -0.39 is 18.2 Å². The maximum Gasteiger partial charge on any atom is 0.490 e. The minimum Gasteiger partial charge on any atom is -0.456 e. The number of nitrogens with zero attached hydrogens (tertiary/aromatic N) is 2. The van der Waals surface area contributed by atoms with Crippen molar-refractivity contribution in [3.05, 3.63) is 28.8 Å². The van der Waals surface area contributed by atoms with Crippen LogP contribution in [0.5, 0.6) is 0 Å². The van der Waals surface area contributed by atoms with Gasteiger partial charge in [0, 0.05) is 25.9 Å². The van der Waals surface area contributed by atoms with E-state index in [0.717, 1.165) is 0 Å². The fourth-order valence-electron chi connectivity index (χ4n) is 2.32. The Kier molecular flexibility index (Phi) is 4.81. The van der Waals surface area contributed by atoms with E-state index in [1.54, 1.807) is 18.2 Å². The largest absolute Gasteiger partial charge is 0.490 e. The van der Waals surface area contributed by atoms with Gasteiger partial charge < -0.3 is 9.64 Å². The highest BCUT2D eigenvalue weighted by Crippen LogP contribution is 2.30. The summed E-state index contributed by atoms with van der Waals surface area (Å²) in [5, 5.41) is 9.46. The number of ether oxygens (including phenoxy) is 1. The van der Waals surface area contributed by atoms with E-state index in [-0.39, 0.29) is 12.8 Å². The third-order valence-corrected chi connectivity index (χ3v) is 3.71. The fraction of sp³-hybridized carbons (Fsp3) is 0.429. The molecule has 0 aliphatic carbocycles. The number of carbonyl (C=O) groups is 1. The summed E-state index contributed by atoms with van der Waals surface area (Å²) in [5.74, 6) is -2.16. The van der Waals surface area contributed by atoms with Gasteiger partial charge in [0.05, 0.1) is 16.3 Å². The second-order valence-corrected chi connectivity index (χ2v) is 5.24. The number of rotatable bonds is 2. The van der Waals surface area contributed by atoms with Crippen molar-refractivity contribution in [3.63, 3.8) is 0 Å². The van der Waals surface area contributed by atoms with Crippen molar-refractivity contribution in [2.75, 3.05) is 18.0 Å². The van der Waals surface area contributed by atoms with E-state index in [2.05, 4.69) is 4.74 Å². The van der Waals surface area contributed by atoms with Crippen molar-refractivity contribution in [2.45, 2.75) is 25.1 Å². The Morgan fingerprint density at radius 3 is 2.55 bits per heavy atom. The van der Waals surface area contributed by atoms with E-state index in [4.69, 9.17) is 16.9 Å². The molecule has 0 unspecified atom stereocenters. The van der Waals surface area contributed by atoms with Crippen LogP contribution in [0.4, 0.5) is 18.9 Å². The summed E-state index contributed by atoms with van der Waals surface area (Å²) in [4.78, 5) is 12.7. The molecule has 2 rings (SSSR count). The molecule has 0 bridgehead atoms. The number of hydrogen-bond acceptors (Lipinski definition) is 4. The maximum absolute atomic E-state index is 12.2. The Bertz CT molecular complexity index is 605. The first kappa shape index (κ1) is 16.4. The lowest BCUT2D eigenvalue weighted by Gasteiger charge is -2.33. The summed E-state index contributed by atoms with van der Waals surface area (Å²) in [6.45, 7) is 0.760. The molecule has 8 heteroatoms. The molecule has 1 aromatic rings. The van der Waals surface area contributed by atoms with E-state index in [0.29, 0.717) is 29.4 Å². The van der Waals surface area contributed by atoms with Gasteiger partial charge in [-0.15, -0.1) is 0 Å². The molecule has 22 heavy (non-hydrogen) atoms. The van der Waals surface area contributed by atoms with Gasteiger partial charge in [-0.25, -0.2) is 4.79 Å². The third-order valence-electron chi connectivity index (χ3n) is 3.39. The number of nitriles is 1. The highest BCUT2D eigenvalue weighted by Gasteiger charge is 2.42. The molecule has 0 radical (unpaired) electrons. The smallest absolute Gasteiger partial charge is 0.456 e. The van der Waals surface area contributed by atoms with Crippen LogP contribution in [0.1, 0.15) is 18.4 Å². The molecule has 118 valence electrons. The van der Waals surface area contributed by atoms with Gasteiger partial charge in [0.25, 0.3) is 0 Å². The lowest BCUT2D eigenvalue weighted by molar-refractivity contribution is -0.205. The van der Waals surface area contributed by atoms with Gasteiger partial charge >= 0.3 is 12.1 Å². The van der Waals surface area contributed by atoms with Crippen LogP contribution in [0.25, 0.3) is 0 Å². The molecular formula is C14H12ClF3N2O2. The molecule has 0 atom stereocenters. The summed E-state index contributed by atoms with van der Waals surface area (Å²) in [6, 6.07) is 7.05. The van der Waals surface area contributed by atoms with Gasteiger partial charge in [0.1, 0.15) is 12.2 Å². The molecule has 0 saturated carbocycles. The third kappa shape index (κ3) is 3.63. The molecule has 1 heterocycles. The number of piperidine rings is 1. The number of anilines is 1. The summed E-state index contributed by atoms with van der Waals surface area (Å²) >= 11 is 5.95. The van der Waals surface area contributed by atoms with E-state index >= 15 is 0 Å². The fourth-order valence-corrected chi connectivity index (χ4v) is 2.53. The first-order valence-electron chi connectivity index (χ1n) is 6.54. The molecule has 1 saturated heterocycles. The number of halogens is 4. The minimum atomic E-state index is -4.97. The second kappa shape index (κ2) is 6.44. The van der Waals surface area contributed by atoms with Crippen molar-refractivity contribution >= 4 is 23.3 Å². The van der Waals surface area contributed by atoms with Crippen LogP contribution >= 0.6 is 11.6 Å². The molecule has 0 amide bonds. The van der Waals surface area contributed by atoms with E-state index in [1.807, 2.05) is 11.0 Å². The summed E-state index contributed by atoms with van der Waals surface area (Å²) in [6.07, 6.45) is -5.22. The number of alkyl halides is 3. The molecular weight excluding hydrogens is 321 g/mol. The minimum absolute atomic E-state index is 0.263. The van der Waals surface area contributed by atoms with Crippen LogP contribution in [0.2, 0.25) is 5.02 Å². The highest BCUT2D eigenvalue weighted by atomic mass is 35.5. The van der Waals surface area contributed by atoms with Crippen molar-refractivity contribution in [1.82, 2.24) is 0 Å². The molecule has 0 aromatic heterocycles. The van der Waals surface area contributed by atoms with Crippen molar-refractivity contribution in [2.24, 2.45) is 0 Å². The number of carbonyl (C=O) groups excluding carboxylic acids is 1. The standard InChI is InChI=1S/C14H12ClF3N2O2/c15-11-2-1-3-12(10(11)8-19)20-6-4-9(5-7-20)22-13(21)14(16,17)18/h1-3,9H,4-7H2. The maximum atomic E-state index is 12.2. The summed E-state index contributed by atoms with van der Waals surface area (Å²) in [5.41, 5.74) is 0.963. The lowest BCUT2D eigenvalue weighted by Crippen LogP contribution is -2.40. The molecule has 1 aliphatic rings. The highest BCUT2D eigenvalue weighted by molar-refractivity contribution is 6.32. The van der Waals surface area contributed by atoms with Crippen molar-refractivity contribution in [1.29, 1.82) is 5.26 Å². The van der Waals surface area contributed by atoms with E-state index in [1.165, 1.54) is 0 Å². The summed E-state index contributed by atoms with van der Waals surface area (Å²) < 4.78 is 40.9. The normalized spacial score (nSPS) is 16.2. The lowest BCUT2D eigenvalue weighted by atomic mass is 10.1. The van der Waals surface area contributed by atoms with Gasteiger partial charge in [0.15, 0.2) is 0 Å². The summed E-state index contributed by atoms with van der Waals surface area (Å²) in [7, 11) is 0. The first-order chi connectivity index (χ1) is 10.3. The SMILES string of the molecule is N#Cc1c(Cl)cccc1N1CCC(OC(=O)C(F)(F)F)CC1. The van der Waals surface area contributed by atoms with Gasteiger partial charge in [-0.1, -0.05) is 17.7 Å². The molecule has 0 N–H and O–H groups in total. The van der Waals surface area contributed by atoms with Crippen LogP contribution < -0.4 is 4.90 Å². The number of hydrogen-bond donors (Lipinski definition) is 0. The Morgan fingerprint density at radius 2 is 2.00 bits per heavy atom. The topological polar surface area (TPSA) is 53.3 Å². The van der Waals surface area contributed by atoms with Crippen LogP contribution in [-0.2, 0) is 9.53 Å². The van der Waals surface area contributed by atoms with E-state index in [9.17, 15) is 18.0 Å². The predicted octanol–water partition coefficient (Wildman–Crippen LogP) is 3.29. The van der Waals surface area contributed by atoms with Crippen LogP contribution in [-0.4, -0.2) is 31.3 Å². The Morgan fingerprint density at radius 1 is 1.36 bits per heavy atom. The monoisotopic (exact) mass is 332 g/mol. The zero-order chi connectivity index (χ0) is 16.3. The first-order valence-corrected chi connectivity index (χ1v) is 6.92. The Balaban J connectivity index is 2.00.